The Morgan fingerprint density at radius 2 is 1.74 bits per heavy atom. The molecule has 4 unspecified atom stereocenters. The lowest BCUT2D eigenvalue weighted by Crippen LogP contribution is -2.59. The Morgan fingerprint density at radius 1 is 1.09 bits per heavy atom. The number of rotatable bonds is 6. The van der Waals surface area contributed by atoms with E-state index in [4.69, 9.17) is 0 Å². The van der Waals surface area contributed by atoms with Crippen LogP contribution in [0.15, 0.2) is 4.99 Å². The van der Waals surface area contributed by atoms with Gasteiger partial charge in [0.25, 0.3) is 0 Å². The van der Waals surface area contributed by atoms with Crippen LogP contribution in [-0.4, -0.2) is 98.8 Å². The molecule has 6 nitrogen and oxygen atoms in total. The topological polar surface area (TPSA) is 51.2 Å². The van der Waals surface area contributed by atoms with Crippen molar-refractivity contribution in [3.05, 3.63) is 0 Å². The molecular formula is C25H43F4N5O. The monoisotopic (exact) mass is 505 g/mol. The zero-order chi connectivity index (χ0) is 25.6. The molecule has 0 spiro atoms. The van der Waals surface area contributed by atoms with Crippen LogP contribution in [0.5, 0.6) is 0 Å². The third-order valence-electron chi connectivity index (χ3n) is 8.25. The third-order valence-corrected chi connectivity index (χ3v) is 8.25. The van der Waals surface area contributed by atoms with Crippen LogP contribution in [0.4, 0.5) is 17.6 Å². The molecule has 4 atom stereocenters. The maximum atomic E-state index is 14.0. The van der Waals surface area contributed by atoms with Crippen molar-refractivity contribution in [3.63, 3.8) is 0 Å². The Morgan fingerprint density at radius 3 is 2.31 bits per heavy atom. The molecule has 1 aliphatic heterocycles. The van der Waals surface area contributed by atoms with Gasteiger partial charge in [0.05, 0.1) is 12.0 Å². The van der Waals surface area contributed by atoms with Crippen molar-refractivity contribution in [2.45, 2.75) is 76.2 Å². The van der Waals surface area contributed by atoms with Gasteiger partial charge in [-0.05, 0) is 50.4 Å². The van der Waals surface area contributed by atoms with E-state index >= 15 is 0 Å². The molecule has 1 amide bonds. The maximum Gasteiger partial charge on any atom is 0.391 e. The lowest BCUT2D eigenvalue weighted by atomic mass is 9.78. The summed E-state index contributed by atoms with van der Waals surface area (Å²) in [6.45, 7) is 3.47. The van der Waals surface area contributed by atoms with E-state index in [0.29, 0.717) is 18.9 Å². The molecule has 202 valence electrons. The molecule has 1 N–H and O–H groups in total. The molecule has 3 fully saturated rings. The van der Waals surface area contributed by atoms with Crippen molar-refractivity contribution >= 4 is 11.9 Å². The number of alkyl halides is 4. The van der Waals surface area contributed by atoms with Gasteiger partial charge < -0.3 is 15.1 Å². The molecule has 0 aromatic heterocycles. The van der Waals surface area contributed by atoms with Gasteiger partial charge in [-0.15, -0.1) is 0 Å². The van der Waals surface area contributed by atoms with Crippen molar-refractivity contribution in [2.75, 3.05) is 53.9 Å². The molecule has 3 rings (SSSR count). The molecule has 2 aliphatic carbocycles. The van der Waals surface area contributed by atoms with E-state index in [2.05, 4.69) is 20.1 Å². The number of piperazine rings is 1. The third kappa shape index (κ3) is 7.46. The first kappa shape index (κ1) is 28.0. The number of aliphatic imine (C=N–C) groups is 1. The van der Waals surface area contributed by atoms with Crippen LogP contribution < -0.4 is 5.32 Å². The van der Waals surface area contributed by atoms with Gasteiger partial charge in [-0.1, -0.05) is 19.3 Å². The van der Waals surface area contributed by atoms with Crippen LogP contribution in [0, 0.1) is 17.8 Å². The second-order valence-corrected chi connectivity index (χ2v) is 10.6. The summed E-state index contributed by atoms with van der Waals surface area (Å²) in [6.07, 6.45) is -0.136. The van der Waals surface area contributed by atoms with Crippen molar-refractivity contribution < 1.29 is 22.4 Å². The molecular weight excluding hydrogens is 462 g/mol. The van der Waals surface area contributed by atoms with Crippen LogP contribution in [0.2, 0.25) is 0 Å². The average Bonchev–Trinajstić information content (AvgIpc) is 2.84. The summed E-state index contributed by atoms with van der Waals surface area (Å²) < 4.78 is 53.7. The van der Waals surface area contributed by atoms with Gasteiger partial charge in [-0.25, -0.2) is 4.39 Å². The van der Waals surface area contributed by atoms with E-state index in [-0.39, 0.29) is 30.7 Å². The smallest absolute Gasteiger partial charge is 0.359 e. The normalized spacial score (nSPS) is 28.6. The summed E-state index contributed by atoms with van der Waals surface area (Å²) >= 11 is 0. The quantitative estimate of drug-likeness (QED) is 0.338. The Bertz CT molecular complexity index is 704. The number of guanidine groups is 1. The highest BCUT2D eigenvalue weighted by atomic mass is 19.4. The SMILES string of the molecule is CN=C(NC)N1CCN(C(C(=O)N(C)CCC2CC(F)CC(C(F)(F)F)C2)C2CCCCC2)CC1. The Hall–Kier alpha value is -1.58. The summed E-state index contributed by atoms with van der Waals surface area (Å²) in [5, 5.41) is 3.12. The van der Waals surface area contributed by atoms with E-state index in [9.17, 15) is 22.4 Å². The van der Waals surface area contributed by atoms with Crippen molar-refractivity contribution in [3.8, 4) is 0 Å². The highest BCUT2D eigenvalue weighted by Gasteiger charge is 2.45. The number of hydrogen-bond donors (Lipinski definition) is 1. The predicted molar refractivity (Wildman–Crippen MR) is 130 cm³/mol. The van der Waals surface area contributed by atoms with Crippen molar-refractivity contribution in [1.29, 1.82) is 0 Å². The number of likely N-dealkylation sites (N-methyl/N-ethyl adjacent to an activating group) is 1. The lowest BCUT2D eigenvalue weighted by Gasteiger charge is -2.44. The largest absolute Gasteiger partial charge is 0.391 e. The van der Waals surface area contributed by atoms with Crippen molar-refractivity contribution in [2.24, 2.45) is 22.7 Å². The fourth-order valence-electron chi connectivity index (χ4n) is 6.31. The van der Waals surface area contributed by atoms with Crippen LogP contribution in [-0.2, 0) is 4.79 Å². The molecule has 0 bridgehead atoms. The van der Waals surface area contributed by atoms with Crippen LogP contribution in [0.3, 0.4) is 0 Å². The van der Waals surface area contributed by atoms with Crippen LogP contribution in [0.25, 0.3) is 0 Å². The fourth-order valence-corrected chi connectivity index (χ4v) is 6.31. The molecule has 0 aromatic carbocycles. The standard InChI is InChI=1S/C25H43F4N5O/c1-30-24(31-2)34-13-11-33(12-14-34)22(19-7-5-4-6-8-19)23(35)32(3)10-9-18-15-20(25(27,28)29)17-21(26)16-18/h18-22H,4-17H2,1-3H3,(H,30,31). The first-order chi connectivity index (χ1) is 16.6. The van der Waals surface area contributed by atoms with E-state index in [1.165, 1.54) is 6.42 Å². The molecule has 1 saturated heterocycles. The molecule has 3 aliphatic rings. The van der Waals surface area contributed by atoms with Crippen LogP contribution >= 0.6 is 0 Å². The number of nitrogens with one attached hydrogen (secondary N) is 1. The Labute approximate surface area is 207 Å². The minimum absolute atomic E-state index is 0.0350. The van der Waals surface area contributed by atoms with Gasteiger partial charge >= 0.3 is 6.18 Å². The van der Waals surface area contributed by atoms with Gasteiger partial charge in [0, 0.05) is 53.9 Å². The van der Waals surface area contributed by atoms with E-state index in [1.807, 2.05) is 7.05 Å². The summed E-state index contributed by atoms with van der Waals surface area (Å²) in [5.41, 5.74) is 0. The van der Waals surface area contributed by atoms with E-state index in [0.717, 1.165) is 57.8 Å². The molecule has 0 aromatic rings. The second kappa shape index (κ2) is 12.6. The highest BCUT2D eigenvalue weighted by molar-refractivity contribution is 5.82. The summed E-state index contributed by atoms with van der Waals surface area (Å²) in [7, 11) is 5.37. The molecule has 0 radical (unpaired) electrons. The van der Waals surface area contributed by atoms with E-state index in [1.54, 1.807) is 19.0 Å². The number of carbonyl (C=O) groups excluding carboxylic acids is 1. The zero-order valence-electron chi connectivity index (χ0n) is 21.5. The number of nitrogens with zero attached hydrogens (tertiary/aromatic N) is 4. The maximum absolute atomic E-state index is 14.0. The molecule has 2 saturated carbocycles. The van der Waals surface area contributed by atoms with Gasteiger partial charge in [-0.2, -0.15) is 13.2 Å². The first-order valence-electron chi connectivity index (χ1n) is 13.2. The summed E-state index contributed by atoms with van der Waals surface area (Å²) in [6, 6.07) is -0.206. The van der Waals surface area contributed by atoms with E-state index < -0.39 is 24.7 Å². The number of halogens is 4. The minimum Gasteiger partial charge on any atom is -0.359 e. The predicted octanol–water partition coefficient (Wildman–Crippen LogP) is 3.92. The summed E-state index contributed by atoms with van der Waals surface area (Å²) in [4.78, 5) is 24.2. The molecule has 10 heteroatoms. The van der Waals surface area contributed by atoms with Gasteiger partial charge in [-0.3, -0.25) is 14.7 Å². The Kier molecular flexibility index (Phi) is 10.1. The number of amides is 1. The van der Waals surface area contributed by atoms with Gasteiger partial charge in [0.1, 0.15) is 6.17 Å². The number of hydrogen-bond acceptors (Lipinski definition) is 3. The highest BCUT2D eigenvalue weighted by Crippen LogP contribution is 2.42. The second-order valence-electron chi connectivity index (χ2n) is 10.6. The summed E-state index contributed by atoms with van der Waals surface area (Å²) in [5.74, 6) is -0.710. The Balaban J connectivity index is 1.62. The fraction of sp³-hybridized carbons (Fsp3) is 0.920. The number of carbonyl (C=O) groups is 1. The lowest BCUT2D eigenvalue weighted by molar-refractivity contribution is -0.191. The zero-order valence-corrected chi connectivity index (χ0v) is 21.5. The van der Waals surface area contributed by atoms with Crippen LogP contribution in [0.1, 0.15) is 57.8 Å². The molecule has 35 heavy (non-hydrogen) atoms. The van der Waals surface area contributed by atoms with Gasteiger partial charge in [0.2, 0.25) is 5.91 Å². The van der Waals surface area contributed by atoms with Crippen molar-refractivity contribution in [1.82, 2.24) is 20.0 Å². The minimum atomic E-state index is -4.35. The first-order valence-corrected chi connectivity index (χ1v) is 13.2. The van der Waals surface area contributed by atoms with Gasteiger partial charge in [0.15, 0.2) is 5.96 Å². The average molecular weight is 506 g/mol. The molecule has 1 heterocycles.